The zero-order valence-corrected chi connectivity index (χ0v) is 11.6. The zero-order chi connectivity index (χ0) is 13.4. The Morgan fingerprint density at radius 3 is 2.63 bits per heavy atom. The van der Waals surface area contributed by atoms with Crippen molar-refractivity contribution in [3.63, 3.8) is 0 Å². The number of piperazine rings is 1. The molecule has 0 aromatic carbocycles. The van der Waals surface area contributed by atoms with Crippen LogP contribution in [0.5, 0.6) is 0 Å². The minimum atomic E-state index is 0.499. The lowest BCUT2D eigenvalue weighted by molar-refractivity contribution is -0.0835. The summed E-state index contributed by atoms with van der Waals surface area (Å²) in [6.45, 7) is 7.91. The van der Waals surface area contributed by atoms with Gasteiger partial charge in [0, 0.05) is 44.0 Å². The van der Waals surface area contributed by atoms with Crippen molar-refractivity contribution < 1.29 is 0 Å². The zero-order valence-electron chi connectivity index (χ0n) is 11.6. The van der Waals surface area contributed by atoms with Crippen LogP contribution in [0.3, 0.4) is 0 Å². The van der Waals surface area contributed by atoms with Crippen LogP contribution >= 0.6 is 0 Å². The second kappa shape index (κ2) is 4.92. The lowest BCUT2D eigenvalue weighted by atomic mass is 9.86. The molecule has 100 valence electrons. The molecule has 0 spiro atoms. The van der Waals surface area contributed by atoms with Gasteiger partial charge in [0.05, 0.1) is 0 Å². The van der Waals surface area contributed by atoms with E-state index in [1.165, 1.54) is 25.1 Å². The summed E-state index contributed by atoms with van der Waals surface area (Å²) in [6.07, 6.45) is 3.18. The van der Waals surface area contributed by atoms with Gasteiger partial charge in [0.1, 0.15) is 11.8 Å². The highest BCUT2D eigenvalue weighted by Crippen LogP contribution is 2.34. The van der Waals surface area contributed by atoms with Crippen LogP contribution in [0.25, 0.3) is 0 Å². The van der Waals surface area contributed by atoms with Crippen LogP contribution in [0, 0.1) is 11.3 Å². The lowest BCUT2D eigenvalue weighted by Crippen LogP contribution is -2.68. The van der Waals surface area contributed by atoms with Crippen LogP contribution in [0.4, 0.5) is 0 Å². The van der Waals surface area contributed by atoms with Gasteiger partial charge in [-0.25, -0.2) is 4.98 Å². The number of pyridine rings is 1. The second-order valence-electron chi connectivity index (χ2n) is 5.93. The van der Waals surface area contributed by atoms with Gasteiger partial charge in [-0.2, -0.15) is 5.26 Å². The van der Waals surface area contributed by atoms with E-state index >= 15 is 0 Å². The number of rotatable bonds is 3. The first-order valence-corrected chi connectivity index (χ1v) is 7.02. The maximum Gasteiger partial charge on any atom is 0.140 e. The first kappa shape index (κ1) is 12.6. The van der Waals surface area contributed by atoms with Gasteiger partial charge < -0.3 is 0 Å². The maximum atomic E-state index is 8.75. The smallest absolute Gasteiger partial charge is 0.140 e. The molecule has 0 saturated carbocycles. The summed E-state index contributed by atoms with van der Waals surface area (Å²) in [5, 5.41) is 8.75. The molecule has 0 radical (unpaired) electrons. The second-order valence-corrected chi connectivity index (χ2v) is 5.93. The molecule has 2 unspecified atom stereocenters. The molecule has 3 fully saturated rings. The lowest BCUT2D eigenvalue weighted by Gasteiger charge is -2.57. The Bertz CT molecular complexity index is 476. The Kier molecular flexibility index (Phi) is 3.26. The van der Waals surface area contributed by atoms with Crippen LogP contribution in [-0.2, 0) is 6.54 Å². The third kappa shape index (κ3) is 2.36. The molecule has 2 bridgehead atoms. The minimum absolute atomic E-state index is 0.499. The fourth-order valence-electron chi connectivity index (χ4n) is 3.19. The van der Waals surface area contributed by atoms with Gasteiger partial charge in [0.25, 0.3) is 0 Å². The Morgan fingerprint density at radius 2 is 2.11 bits per heavy atom. The number of aromatic nitrogens is 1. The molecule has 4 heteroatoms. The highest BCUT2D eigenvalue weighted by atomic mass is 15.4. The monoisotopic (exact) mass is 256 g/mol. The summed E-state index contributed by atoms with van der Waals surface area (Å²) in [6, 6.07) is 7.97. The molecule has 2 atom stereocenters. The predicted octanol–water partition coefficient (Wildman–Crippen LogP) is 1.62. The molecule has 4 rings (SSSR count). The van der Waals surface area contributed by atoms with Crippen LogP contribution < -0.4 is 0 Å². The van der Waals surface area contributed by atoms with Crippen molar-refractivity contribution in [3.8, 4) is 6.07 Å². The van der Waals surface area contributed by atoms with E-state index in [9.17, 15) is 0 Å². The van der Waals surface area contributed by atoms with Crippen molar-refractivity contribution in [1.82, 2.24) is 14.8 Å². The van der Waals surface area contributed by atoms with E-state index < -0.39 is 0 Å². The van der Waals surface area contributed by atoms with Gasteiger partial charge in [-0.3, -0.25) is 9.80 Å². The maximum absolute atomic E-state index is 8.75. The van der Waals surface area contributed by atoms with E-state index in [0.29, 0.717) is 23.8 Å². The quantitative estimate of drug-likeness (QED) is 0.824. The number of hydrogen-bond donors (Lipinski definition) is 0. The van der Waals surface area contributed by atoms with E-state index in [0.717, 1.165) is 6.54 Å². The van der Waals surface area contributed by atoms with E-state index in [4.69, 9.17) is 5.26 Å². The van der Waals surface area contributed by atoms with Gasteiger partial charge >= 0.3 is 0 Å². The van der Waals surface area contributed by atoms with E-state index in [-0.39, 0.29) is 0 Å². The summed E-state index contributed by atoms with van der Waals surface area (Å²) >= 11 is 0. The average molecular weight is 256 g/mol. The van der Waals surface area contributed by atoms with Crippen molar-refractivity contribution >= 4 is 0 Å². The normalized spacial score (nSPS) is 27.1. The van der Waals surface area contributed by atoms with Crippen LogP contribution in [-0.4, -0.2) is 46.0 Å². The molecule has 19 heavy (non-hydrogen) atoms. The van der Waals surface area contributed by atoms with Crippen molar-refractivity contribution in [2.75, 3.05) is 13.1 Å². The third-order valence-electron chi connectivity index (χ3n) is 4.41. The molecule has 4 nitrogen and oxygen atoms in total. The molecular formula is C15H20N4. The van der Waals surface area contributed by atoms with Crippen molar-refractivity contribution in [2.24, 2.45) is 0 Å². The van der Waals surface area contributed by atoms with Crippen molar-refractivity contribution in [2.45, 2.75) is 44.9 Å². The topological polar surface area (TPSA) is 43.2 Å². The summed E-state index contributed by atoms with van der Waals surface area (Å²) in [4.78, 5) is 9.31. The standard InChI is InChI=1S/C15H20N4/c1-11(2)18-9-14-5-15(10-18)19(14)8-12-3-4-13(6-16)17-7-12/h3-4,7,11,14-15H,5,8-10H2,1-2H3. The molecule has 0 aliphatic carbocycles. The predicted molar refractivity (Wildman–Crippen MR) is 73.4 cm³/mol. The fraction of sp³-hybridized carbons (Fsp3) is 0.600. The molecule has 1 aromatic heterocycles. The average Bonchev–Trinajstić information content (AvgIpc) is 2.45. The summed E-state index contributed by atoms with van der Waals surface area (Å²) in [7, 11) is 0. The molecule has 3 aliphatic rings. The van der Waals surface area contributed by atoms with E-state index in [1.807, 2.05) is 18.3 Å². The minimum Gasteiger partial charge on any atom is -0.298 e. The van der Waals surface area contributed by atoms with Gasteiger partial charge in [0.15, 0.2) is 0 Å². The Labute approximate surface area is 114 Å². The highest BCUT2D eigenvalue weighted by molar-refractivity contribution is 5.23. The Balaban J connectivity index is 1.62. The summed E-state index contributed by atoms with van der Waals surface area (Å²) < 4.78 is 0. The number of nitrogens with zero attached hydrogens (tertiary/aromatic N) is 4. The van der Waals surface area contributed by atoms with E-state index in [1.54, 1.807) is 0 Å². The molecule has 3 aliphatic heterocycles. The molecule has 0 N–H and O–H groups in total. The Morgan fingerprint density at radius 1 is 1.37 bits per heavy atom. The van der Waals surface area contributed by atoms with Crippen LogP contribution in [0.1, 0.15) is 31.5 Å². The van der Waals surface area contributed by atoms with Gasteiger partial charge in [-0.1, -0.05) is 6.07 Å². The molecule has 1 aromatic rings. The molecular weight excluding hydrogens is 236 g/mol. The van der Waals surface area contributed by atoms with Gasteiger partial charge in [0.2, 0.25) is 0 Å². The largest absolute Gasteiger partial charge is 0.298 e. The fourth-order valence-corrected chi connectivity index (χ4v) is 3.19. The summed E-state index contributed by atoms with van der Waals surface area (Å²) in [5.41, 5.74) is 1.71. The van der Waals surface area contributed by atoms with E-state index in [2.05, 4.69) is 34.7 Å². The number of fused-ring (bicyclic) bond motifs is 2. The van der Waals surface area contributed by atoms with Gasteiger partial charge in [-0.05, 0) is 31.9 Å². The molecule has 3 saturated heterocycles. The molecule has 4 heterocycles. The Hall–Kier alpha value is -1.44. The van der Waals surface area contributed by atoms with Crippen molar-refractivity contribution in [3.05, 3.63) is 29.6 Å². The van der Waals surface area contributed by atoms with Crippen LogP contribution in [0.2, 0.25) is 0 Å². The van der Waals surface area contributed by atoms with Crippen LogP contribution in [0.15, 0.2) is 18.3 Å². The molecule has 0 amide bonds. The van der Waals surface area contributed by atoms with Gasteiger partial charge in [-0.15, -0.1) is 0 Å². The number of nitriles is 1. The first-order chi connectivity index (χ1) is 9.17. The first-order valence-electron chi connectivity index (χ1n) is 7.02. The third-order valence-corrected chi connectivity index (χ3v) is 4.41. The number of hydrogen-bond acceptors (Lipinski definition) is 4. The van der Waals surface area contributed by atoms with Crippen molar-refractivity contribution in [1.29, 1.82) is 5.26 Å². The SMILES string of the molecule is CC(C)N1CC2CC(C1)N2Cc1ccc(C#N)nc1. The summed E-state index contributed by atoms with van der Waals surface area (Å²) in [5.74, 6) is 0. The number of piperidine rings is 1. The highest BCUT2D eigenvalue weighted by Gasteiger charge is 2.44.